The van der Waals surface area contributed by atoms with Crippen molar-refractivity contribution < 1.29 is 9.59 Å². The van der Waals surface area contributed by atoms with Gasteiger partial charge in [0.1, 0.15) is 16.9 Å². The summed E-state index contributed by atoms with van der Waals surface area (Å²) in [6.07, 6.45) is 1.65. The number of amides is 2. The fourth-order valence-corrected chi connectivity index (χ4v) is 2.93. The number of hydrogen-bond donors (Lipinski definition) is 1. The lowest BCUT2D eigenvalue weighted by molar-refractivity contribution is -0.129. The van der Waals surface area contributed by atoms with E-state index in [-0.39, 0.29) is 18.4 Å². The van der Waals surface area contributed by atoms with E-state index < -0.39 is 0 Å². The number of carbonyl (C=O) groups excluding carboxylic acids is 2. The minimum Gasteiger partial charge on any atom is -0.396 e. The maximum absolute atomic E-state index is 12.6. The van der Waals surface area contributed by atoms with Crippen molar-refractivity contribution in [3.63, 3.8) is 0 Å². The highest BCUT2D eigenvalue weighted by Crippen LogP contribution is 2.32. The largest absolute Gasteiger partial charge is 0.396 e. The van der Waals surface area contributed by atoms with Crippen LogP contribution in [-0.2, 0) is 4.79 Å². The molecule has 0 aliphatic carbocycles. The number of nitrogens with two attached hydrogens (primary N) is 1. The molecule has 0 unspecified atom stereocenters. The van der Waals surface area contributed by atoms with Crippen molar-refractivity contribution in [3.05, 3.63) is 23.2 Å². The quantitative estimate of drug-likeness (QED) is 0.926. The smallest absolute Gasteiger partial charge is 0.266 e. The van der Waals surface area contributed by atoms with Crippen LogP contribution in [0.25, 0.3) is 10.2 Å². The number of carbonyl (C=O) groups is 2. The number of likely N-dealkylation sites (N-methyl/N-ethyl adjacent to an activating group) is 2. The molecule has 2 amide bonds. The molecule has 0 aromatic carbocycles. The zero-order valence-corrected chi connectivity index (χ0v) is 13.1. The van der Waals surface area contributed by atoms with Gasteiger partial charge >= 0.3 is 0 Å². The second kappa shape index (κ2) is 6.09. The number of anilines is 1. The molecule has 112 valence electrons. The lowest BCUT2D eigenvalue weighted by Gasteiger charge is -2.21. The van der Waals surface area contributed by atoms with E-state index in [0.29, 0.717) is 22.6 Å². The molecule has 2 heterocycles. The van der Waals surface area contributed by atoms with E-state index in [1.807, 2.05) is 13.0 Å². The summed E-state index contributed by atoms with van der Waals surface area (Å²) >= 11 is 1.31. The molecular weight excluding hydrogens is 288 g/mol. The number of rotatable bonds is 4. The molecule has 6 nitrogen and oxygen atoms in total. The van der Waals surface area contributed by atoms with Gasteiger partial charge in [0.2, 0.25) is 5.91 Å². The molecule has 0 fully saturated rings. The van der Waals surface area contributed by atoms with E-state index in [9.17, 15) is 9.59 Å². The predicted octanol–water partition coefficient (Wildman–Crippen LogP) is 1.43. The molecule has 2 aromatic rings. The number of aromatic nitrogens is 1. The topological polar surface area (TPSA) is 79.5 Å². The van der Waals surface area contributed by atoms with E-state index in [1.165, 1.54) is 21.1 Å². The SMILES string of the molecule is CCN(CC(=O)N(C)C)C(=O)c1sc2cccnc2c1N. The van der Waals surface area contributed by atoms with Crippen molar-refractivity contribution in [2.45, 2.75) is 6.92 Å². The second-order valence-corrected chi connectivity index (χ2v) is 5.85. The van der Waals surface area contributed by atoms with Gasteiger partial charge in [-0.1, -0.05) is 0 Å². The summed E-state index contributed by atoms with van der Waals surface area (Å²) in [4.78, 5) is 32.0. The van der Waals surface area contributed by atoms with Gasteiger partial charge in [-0.25, -0.2) is 0 Å². The lowest BCUT2D eigenvalue weighted by atomic mass is 10.3. The molecule has 21 heavy (non-hydrogen) atoms. The predicted molar refractivity (Wildman–Crippen MR) is 84.3 cm³/mol. The van der Waals surface area contributed by atoms with Gasteiger partial charge < -0.3 is 15.5 Å². The Hall–Kier alpha value is -2.15. The molecule has 0 spiro atoms. The molecule has 0 atom stereocenters. The van der Waals surface area contributed by atoms with Crippen LogP contribution < -0.4 is 5.73 Å². The Morgan fingerprint density at radius 2 is 2.10 bits per heavy atom. The van der Waals surface area contributed by atoms with Crippen LogP contribution >= 0.6 is 11.3 Å². The molecule has 0 saturated heterocycles. The van der Waals surface area contributed by atoms with E-state index in [2.05, 4.69) is 4.98 Å². The van der Waals surface area contributed by atoms with Crippen LogP contribution in [0, 0.1) is 0 Å². The summed E-state index contributed by atoms with van der Waals surface area (Å²) in [7, 11) is 3.33. The highest BCUT2D eigenvalue weighted by Gasteiger charge is 2.23. The van der Waals surface area contributed by atoms with Gasteiger partial charge in [0, 0.05) is 26.8 Å². The second-order valence-electron chi connectivity index (χ2n) is 4.80. The van der Waals surface area contributed by atoms with Crippen LogP contribution in [0.5, 0.6) is 0 Å². The summed E-state index contributed by atoms with van der Waals surface area (Å²) in [5, 5.41) is 0. The number of fused-ring (bicyclic) bond motifs is 1. The van der Waals surface area contributed by atoms with Crippen molar-refractivity contribution in [1.82, 2.24) is 14.8 Å². The van der Waals surface area contributed by atoms with Crippen LogP contribution in [0.4, 0.5) is 5.69 Å². The monoisotopic (exact) mass is 306 g/mol. The zero-order valence-electron chi connectivity index (χ0n) is 12.3. The van der Waals surface area contributed by atoms with E-state index in [4.69, 9.17) is 5.73 Å². The van der Waals surface area contributed by atoms with E-state index in [0.717, 1.165) is 4.70 Å². The first-order valence-corrected chi connectivity index (χ1v) is 7.39. The molecule has 0 bridgehead atoms. The van der Waals surface area contributed by atoms with Crippen molar-refractivity contribution in [2.24, 2.45) is 0 Å². The van der Waals surface area contributed by atoms with E-state index >= 15 is 0 Å². The third-order valence-corrected chi connectivity index (χ3v) is 4.32. The van der Waals surface area contributed by atoms with Gasteiger partial charge in [0.15, 0.2) is 0 Å². The maximum atomic E-state index is 12.6. The number of nitrogen functional groups attached to an aromatic ring is 1. The normalized spacial score (nSPS) is 10.6. The average Bonchev–Trinajstić information content (AvgIpc) is 2.81. The number of thiophene rings is 1. The number of nitrogens with zero attached hydrogens (tertiary/aromatic N) is 3. The van der Waals surface area contributed by atoms with Crippen LogP contribution in [0.15, 0.2) is 18.3 Å². The summed E-state index contributed by atoms with van der Waals surface area (Å²) in [5.74, 6) is -0.351. The standard InChI is InChI=1S/C14H18N4O2S/c1-4-18(8-10(19)17(2)3)14(20)13-11(15)12-9(21-13)6-5-7-16-12/h5-7H,4,8,15H2,1-3H3. The Labute approximate surface area is 127 Å². The van der Waals surface area contributed by atoms with E-state index in [1.54, 1.807) is 26.4 Å². The Balaban J connectivity index is 2.31. The van der Waals surface area contributed by atoms with Crippen molar-refractivity contribution in [1.29, 1.82) is 0 Å². The van der Waals surface area contributed by atoms with Gasteiger partial charge in [-0.3, -0.25) is 14.6 Å². The fourth-order valence-electron chi connectivity index (χ4n) is 1.88. The molecule has 2 aromatic heterocycles. The third kappa shape index (κ3) is 2.97. The first-order valence-electron chi connectivity index (χ1n) is 6.58. The molecular formula is C14H18N4O2S. The fraction of sp³-hybridized carbons (Fsp3) is 0.357. The first-order chi connectivity index (χ1) is 9.95. The minimum absolute atomic E-state index is 0.0451. The molecule has 0 aliphatic rings. The summed E-state index contributed by atoms with van der Waals surface area (Å²) in [5.41, 5.74) is 7.05. The van der Waals surface area contributed by atoms with Gasteiger partial charge in [-0.15, -0.1) is 11.3 Å². The Bertz CT molecular complexity index is 681. The Morgan fingerprint density at radius 1 is 1.38 bits per heavy atom. The molecule has 0 aliphatic heterocycles. The van der Waals surface area contributed by atoms with Gasteiger partial charge in [0.25, 0.3) is 5.91 Å². The minimum atomic E-state index is -0.229. The Morgan fingerprint density at radius 3 is 2.67 bits per heavy atom. The summed E-state index contributed by atoms with van der Waals surface area (Å²) < 4.78 is 0.869. The first kappa shape index (κ1) is 15.2. The maximum Gasteiger partial charge on any atom is 0.266 e. The summed E-state index contributed by atoms with van der Waals surface area (Å²) in [6, 6.07) is 3.68. The lowest BCUT2D eigenvalue weighted by Crippen LogP contribution is -2.40. The third-order valence-electron chi connectivity index (χ3n) is 3.17. The van der Waals surface area contributed by atoms with Crippen LogP contribution in [-0.4, -0.2) is 53.8 Å². The molecule has 2 rings (SSSR count). The van der Waals surface area contributed by atoms with Crippen molar-refractivity contribution >= 4 is 39.1 Å². The van der Waals surface area contributed by atoms with Crippen LogP contribution in [0.2, 0.25) is 0 Å². The van der Waals surface area contributed by atoms with Crippen LogP contribution in [0.1, 0.15) is 16.6 Å². The van der Waals surface area contributed by atoms with Crippen LogP contribution in [0.3, 0.4) is 0 Å². The van der Waals surface area contributed by atoms with Crippen molar-refractivity contribution in [3.8, 4) is 0 Å². The zero-order chi connectivity index (χ0) is 15.6. The van der Waals surface area contributed by atoms with Crippen molar-refractivity contribution in [2.75, 3.05) is 32.9 Å². The van der Waals surface area contributed by atoms with Gasteiger partial charge in [-0.2, -0.15) is 0 Å². The molecule has 2 N–H and O–H groups in total. The molecule has 0 radical (unpaired) electrons. The summed E-state index contributed by atoms with van der Waals surface area (Å²) in [6.45, 7) is 2.32. The Kier molecular flexibility index (Phi) is 4.42. The number of hydrogen-bond acceptors (Lipinski definition) is 5. The number of pyridine rings is 1. The highest BCUT2D eigenvalue weighted by atomic mass is 32.1. The molecule has 0 saturated carbocycles. The van der Waals surface area contributed by atoms with Gasteiger partial charge in [0.05, 0.1) is 10.4 Å². The molecule has 7 heteroatoms. The average molecular weight is 306 g/mol. The van der Waals surface area contributed by atoms with Gasteiger partial charge in [-0.05, 0) is 19.1 Å². The highest BCUT2D eigenvalue weighted by molar-refractivity contribution is 7.21.